The quantitative estimate of drug-likeness (QED) is 0.739. The minimum Gasteiger partial charge on any atom is -0.481 e. The van der Waals surface area contributed by atoms with Gasteiger partial charge in [-0.3, -0.25) is 9.59 Å². The number of nitrogens with one attached hydrogen (secondary N) is 1. The molecule has 1 amide bonds. The monoisotopic (exact) mass is 345 g/mol. The fraction of sp³-hybridized carbons (Fsp3) is 0.467. The number of benzene rings is 1. The maximum atomic E-state index is 12.0. The van der Waals surface area contributed by atoms with Crippen LogP contribution in [0.2, 0.25) is 10.0 Å². The van der Waals surface area contributed by atoms with E-state index < -0.39 is 18.0 Å². The number of halogens is 2. The SMILES string of the molecule is O=C(O)CCC1CC(NC(=O)C(O)c2ccc(Cl)cc2Cl)C1. The third-order valence-electron chi connectivity index (χ3n) is 3.85. The predicted molar refractivity (Wildman–Crippen MR) is 82.9 cm³/mol. The summed E-state index contributed by atoms with van der Waals surface area (Å²) in [5, 5.41) is 22.1. The molecule has 1 aromatic rings. The van der Waals surface area contributed by atoms with Crippen LogP contribution < -0.4 is 5.32 Å². The van der Waals surface area contributed by atoms with Gasteiger partial charge in [-0.05, 0) is 37.3 Å². The Labute approximate surface area is 138 Å². The van der Waals surface area contributed by atoms with Crippen LogP contribution in [0, 0.1) is 5.92 Å². The predicted octanol–water partition coefficient (Wildman–Crippen LogP) is 2.79. The Morgan fingerprint density at radius 3 is 2.59 bits per heavy atom. The Hall–Kier alpha value is -1.30. The van der Waals surface area contributed by atoms with Crippen molar-refractivity contribution < 1.29 is 19.8 Å². The van der Waals surface area contributed by atoms with Gasteiger partial charge in [0.05, 0.1) is 0 Å². The highest BCUT2D eigenvalue weighted by molar-refractivity contribution is 6.35. The molecule has 1 aliphatic rings. The van der Waals surface area contributed by atoms with Crippen LogP contribution >= 0.6 is 23.2 Å². The summed E-state index contributed by atoms with van der Waals surface area (Å²) in [5.41, 5.74) is 0.310. The second-order valence-corrected chi connectivity index (χ2v) is 6.39. The molecule has 0 aliphatic heterocycles. The molecule has 120 valence electrons. The number of hydrogen-bond donors (Lipinski definition) is 3. The first kappa shape index (κ1) is 17.1. The van der Waals surface area contributed by atoms with Crippen LogP contribution in [0.25, 0.3) is 0 Å². The summed E-state index contributed by atoms with van der Waals surface area (Å²) in [4.78, 5) is 22.5. The lowest BCUT2D eigenvalue weighted by atomic mass is 9.77. The Morgan fingerprint density at radius 1 is 1.32 bits per heavy atom. The van der Waals surface area contributed by atoms with E-state index in [0.717, 1.165) is 12.8 Å². The standard InChI is InChI=1S/C15H17Cl2NO4/c16-9-2-3-11(12(17)7-9)14(21)15(22)18-10-5-8(6-10)1-4-13(19)20/h2-3,7-8,10,14,21H,1,4-6H2,(H,18,22)(H,19,20). The van der Waals surface area contributed by atoms with Gasteiger partial charge in [-0.25, -0.2) is 0 Å². The highest BCUT2D eigenvalue weighted by Crippen LogP contribution is 2.32. The number of aliphatic carboxylic acids is 1. The molecule has 1 saturated carbocycles. The van der Waals surface area contributed by atoms with E-state index >= 15 is 0 Å². The average Bonchev–Trinajstić information content (AvgIpc) is 2.39. The molecule has 7 heteroatoms. The van der Waals surface area contributed by atoms with E-state index in [1.54, 1.807) is 6.07 Å². The van der Waals surface area contributed by atoms with Crippen molar-refractivity contribution in [3.63, 3.8) is 0 Å². The van der Waals surface area contributed by atoms with Crippen LogP contribution in [0.1, 0.15) is 37.4 Å². The first-order valence-electron chi connectivity index (χ1n) is 7.02. The fourth-order valence-corrected chi connectivity index (χ4v) is 3.07. The Bertz CT molecular complexity index is 573. The van der Waals surface area contributed by atoms with Crippen LogP contribution in [0.15, 0.2) is 18.2 Å². The molecule has 0 saturated heterocycles. The molecule has 0 aromatic heterocycles. The van der Waals surface area contributed by atoms with Gasteiger partial charge in [0.1, 0.15) is 0 Å². The molecule has 22 heavy (non-hydrogen) atoms. The lowest BCUT2D eigenvalue weighted by Crippen LogP contribution is -2.46. The van der Waals surface area contributed by atoms with Gasteiger partial charge in [0, 0.05) is 28.1 Å². The highest BCUT2D eigenvalue weighted by Gasteiger charge is 2.32. The normalized spacial score (nSPS) is 21.8. The van der Waals surface area contributed by atoms with Gasteiger partial charge in [0.25, 0.3) is 5.91 Å². The molecule has 0 heterocycles. The second kappa shape index (κ2) is 7.31. The summed E-state index contributed by atoms with van der Waals surface area (Å²) in [5.74, 6) is -0.996. The Morgan fingerprint density at radius 2 is 2.00 bits per heavy atom. The van der Waals surface area contributed by atoms with Crippen LogP contribution in [-0.4, -0.2) is 28.1 Å². The molecule has 1 aliphatic carbocycles. The minimum atomic E-state index is -1.34. The third-order valence-corrected chi connectivity index (χ3v) is 4.42. The summed E-state index contributed by atoms with van der Waals surface area (Å²) < 4.78 is 0. The van der Waals surface area contributed by atoms with Gasteiger partial charge in [0.15, 0.2) is 6.10 Å². The third kappa shape index (κ3) is 4.35. The molecule has 0 bridgehead atoms. The van der Waals surface area contributed by atoms with E-state index in [1.165, 1.54) is 12.1 Å². The van der Waals surface area contributed by atoms with Gasteiger partial charge < -0.3 is 15.5 Å². The van der Waals surface area contributed by atoms with Crippen molar-refractivity contribution >= 4 is 35.1 Å². The van der Waals surface area contributed by atoms with Crippen LogP contribution in [0.3, 0.4) is 0 Å². The summed E-state index contributed by atoms with van der Waals surface area (Å²) >= 11 is 11.7. The zero-order chi connectivity index (χ0) is 16.3. The Kier molecular flexibility index (Phi) is 5.67. The largest absolute Gasteiger partial charge is 0.481 e. The van der Waals surface area contributed by atoms with E-state index in [1.807, 2.05) is 0 Å². The molecule has 0 spiro atoms. The molecule has 2 rings (SSSR count). The maximum absolute atomic E-state index is 12.0. The van der Waals surface area contributed by atoms with Gasteiger partial charge in [0.2, 0.25) is 0 Å². The fourth-order valence-electron chi connectivity index (χ4n) is 2.56. The summed E-state index contributed by atoms with van der Waals surface area (Å²) in [7, 11) is 0. The first-order chi connectivity index (χ1) is 10.4. The molecule has 1 aromatic carbocycles. The lowest BCUT2D eigenvalue weighted by molar-refractivity contribution is -0.138. The van der Waals surface area contributed by atoms with Gasteiger partial charge >= 0.3 is 5.97 Å². The molecular formula is C15H17Cl2NO4. The molecule has 5 nitrogen and oxygen atoms in total. The van der Waals surface area contributed by atoms with Gasteiger partial charge in [-0.2, -0.15) is 0 Å². The van der Waals surface area contributed by atoms with Gasteiger partial charge in [-0.1, -0.05) is 29.3 Å². The molecular weight excluding hydrogens is 329 g/mol. The number of carboxylic acids is 1. The van der Waals surface area contributed by atoms with Crippen LogP contribution in [0.5, 0.6) is 0 Å². The summed E-state index contributed by atoms with van der Waals surface area (Å²) in [6, 6.07) is 4.53. The number of hydrogen-bond acceptors (Lipinski definition) is 3. The minimum absolute atomic E-state index is 0.0213. The zero-order valence-corrected chi connectivity index (χ0v) is 13.3. The van der Waals surface area contributed by atoms with E-state index in [4.69, 9.17) is 28.3 Å². The average molecular weight is 346 g/mol. The maximum Gasteiger partial charge on any atom is 0.303 e. The zero-order valence-electron chi connectivity index (χ0n) is 11.8. The van der Waals surface area contributed by atoms with E-state index in [-0.39, 0.29) is 17.5 Å². The van der Waals surface area contributed by atoms with Crippen molar-refractivity contribution in [2.45, 2.75) is 37.8 Å². The number of rotatable bonds is 6. The number of carboxylic acid groups (broad SMARTS) is 1. The summed E-state index contributed by atoms with van der Waals surface area (Å²) in [6.07, 6.45) is 0.893. The number of amides is 1. The molecule has 0 radical (unpaired) electrons. The summed E-state index contributed by atoms with van der Waals surface area (Å²) in [6.45, 7) is 0. The van der Waals surface area contributed by atoms with Crippen molar-refractivity contribution in [1.82, 2.24) is 5.32 Å². The van der Waals surface area contributed by atoms with Crippen molar-refractivity contribution in [2.24, 2.45) is 5.92 Å². The van der Waals surface area contributed by atoms with Crippen molar-refractivity contribution in [3.05, 3.63) is 33.8 Å². The smallest absolute Gasteiger partial charge is 0.303 e. The number of carbonyl (C=O) groups is 2. The lowest BCUT2D eigenvalue weighted by Gasteiger charge is -2.36. The topological polar surface area (TPSA) is 86.6 Å². The van der Waals surface area contributed by atoms with Crippen molar-refractivity contribution in [1.29, 1.82) is 0 Å². The first-order valence-corrected chi connectivity index (χ1v) is 7.77. The molecule has 1 fully saturated rings. The van der Waals surface area contributed by atoms with Gasteiger partial charge in [-0.15, -0.1) is 0 Å². The highest BCUT2D eigenvalue weighted by atomic mass is 35.5. The van der Waals surface area contributed by atoms with Crippen LogP contribution in [-0.2, 0) is 9.59 Å². The number of aliphatic hydroxyl groups excluding tert-OH is 1. The number of aliphatic hydroxyl groups is 1. The molecule has 3 N–H and O–H groups in total. The molecule has 1 unspecified atom stereocenters. The Balaban J connectivity index is 1.82. The van der Waals surface area contributed by atoms with Crippen molar-refractivity contribution in [3.8, 4) is 0 Å². The van der Waals surface area contributed by atoms with Crippen LogP contribution in [0.4, 0.5) is 0 Å². The van der Waals surface area contributed by atoms with E-state index in [0.29, 0.717) is 22.9 Å². The van der Waals surface area contributed by atoms with Crippen molar-refractivity contribution in [2.75, 3.05) is 0 Å². The van der Waals surface area contributed by atoms with E-state index in [2.05, 4.69) is 5.32 Å². The number of carbonyl (C=O) groups excluding carboxylic acids is 1. The molecule has 1 atom stereocenters. The second-order valence-electron chi connectivity index (χ2n) is 5.54. The van der Waals surface area contributed by atoms with E-state index in [9.17, 15) is 14.7 Å².